The molecule has 0 atom stereocenters. The Kier molecular flexibility index (Phi) is 5.96. The van der Waals surface area contributed by atoms with E-state index in [1.807, 2.05) is 24.7 Å². The molecule has 0 amide bonds. The highest BCUT2D eigenvalue weighted by Crippen LogP contribution is 2.19. The molecular formula is C15H21ClFN3O. The first kappa shape index (κ1) is 16.2. The van der Waals surface area contributed by atoms with Crippen LogP contribution in [0, 0.1) is 5.82 Å². The number of aryl methyl sites for hydroxylation is 1. The predicted octanol–water partition coefficient (Wildman–Crippen LogP) is 2.53. The largest absolute Gasteiger partial charge is 0.378 e. The number of halogens is 2. The first-order valence-electron chi connectivity index (χ1n) is 7.05. The fourth-order valence-corrected chi connectivity index (χ4v) is 2.36. The summed E-state index contributed by atoms with van der Waals surface area (Å²) in [5.41, 5.74) is 1.21. The number of benzene rings is 1. The van der Waals surface area contributed by atoms with Gasteiger partial charge in [-0.3, -0.25) is 0 Å². The van der Waals surface area contributed by atoms with Gasteiger partial charge in [0.2, 0.25) is 0 Å². The Bertz CT molecular complexity index is 586. The van der Waals surface area contributed by atoms with E-state index in [0.29, 0.717) is 37.6 Å². The van der Waals surface area contributed by atoms with E-state index in [2.05, 4.69) is 9.88 Å². The molecule has 0 fully saturated rings. The van der Waals surface area contributed by atoms with Gasteiger partial charge in [0, 0.05) is 25.4 Å². The van der Waals surface area contributed by atoms with E-state index in [-0.39, 0.29) is 5.82 Å². The molecule has 116 valence electrons. The summed E-state index contributed by atoms with van der Waals surface area (Å²) in [7, 11) is 4.02. The van der Waals surface area contributed by atoms with E-state index in [9.17, 15) is 4.39 Å². The third-order valence-electron chi connectivity index (χ3n) is 3.27. The Morgan fingerprint density at radius 3 is 2.86 bits per heavy atom. The van der Waals surface area contributed by atoms with Crippen molar-refractivity contribution in [3.05, 3.63) is 29.8 Å². The second-order valence-corrected chi connectivity index (χ2v) is 5.52. The van der Waals surface area contributed by atoms with Crippen LogP contribution >= 0.6 is 11.6 Å². The predicted molar refractivity (Wildman–Crippen MR) is 83.5 cm³/mol. The molecule has 2 aromatic rings. The third kappa shape index (κ3) is 4.15. The molecule has 1 aromatic heterocycles. The molecule has 0 saturated heterocycles. The second kappa shape index (κ2) is 7.73. The van der Waals surface area contributed by atoms with Crippen LogP contribution in [0.4, 0.5) is 4.39 Å². The number of hydrogen-bond donors (Lipinski definition) is 0. The molecule has 0 aliphatic carbocycles. The van der Waals surface area contributed by atoms with Crippen LogP contribution in [0.15, 0.2) is 18.2 Å². The molecule has 0 aliphatic heterocycles. The first-order valence-corrected chi connectivity index (χ1v) is 7.59. The zero-order chi connectivity index (χ0) is 15.2. The minimum Gasteiger partial charge on any atom is -0.378 e. The van der Waals surface area contributed by atoms with Crippen molar-refractivity contribution in [3.8, 4) is 0 Å². The molecule has 1 aromatic carbocycles. The third-order valence-corrected chi connectivity index (χ3v) is 3.46. The standard InChI is InChI=1S/C15H21ClFN3O/c1-19(2)8-10-21-11-9-20-13-5-3-4-12(17)15(13)18-14(20)6-7-16/h3-5H,6-11H2,1-2H3. The molecule has 6 heteroatoms. The number of para-hydroxylation sites is 1. The van der Waals surface area contributed by atoms with Crippen molar-refractivity contribution >= 4 is 22.6 Å². The number of fused-ring (bicyclic) bond motifs is 1. The van der Waals surface area contributed by atoms with Crippen LogP contribution in [0.2, 0.25) is 0 Å². The molecule has 1 heterocycles. The Morgan fingerprint density at radius 1 is 1.33 bits per heavy atom. The monoisotopic (exact) mass is 313 g/mol. The maximum absolute atomic E-state index is 13.8. The second-order valence-electron chi connectivity index (χ2n) is 5.14. The van der Waals surface area contributed by atoms with E-state index in [4.69, 9.17) is 16.3 Å². The van der Waals surface area contributed by atoms with Crippen LogP contribution in [-0.2, 0) is 17.7 Å². The van der Waals surface area contributed by atoms with E-state index >= 15 is 0 Å². The fraction of sp³-hybridized carbons (Fsp3) is 0.533. The maximum Gasteiger partial charge on any atom is 0.151 e. The van der Waals surface area contributed by atoms with Gasteiger partial charge in [0.15, 0.2) is 5.82 Å². The van der Waals surface area contributed by atoms with Crippen LogP contribution in [0.25, 0.3) is 11.0 Å². The quantitative estimate of drug-likeness (QED) is 0.554. The highest BCUT2D eigenvalue weighted by molar-refractivity contribution is 6.17. The van der Waals surface area contributed by atoms with Crippen molar-refractivity contribution in [2.75, 3.05) is 39.7 Å². The number of nitrogens with zero attached hydrogens (tertiary/aromatic N) is 3. The molecule has 0 bridgehead atoms. The summed E-state index contributed by atoms with van der Waals surface area (Å²) >= 11 is 5.81. The van der Waals surface area contributed by atoms with E-state index in [0.717, 1.165) is 17.9 Å². The maximum atomic E-state index is 13.8. The van der Waals surface area contributed by atoms with Gasteiger partial charge in [-0.25, -0.2) is 9.37 Å². The zero-order valence-corrected chi connectivity index (χ0v) is 13.2. The topological polar surface area (TPSA) is 30.3 Å². The smallest absolute Gasteiger partial charge is 0.151 e. The van der Waals surface area contributed by atoms with Crippen molar-refractivity contribution in [2.24, 2.45) is 0 Å². The number of imidazole rings is 1. The molecule has 0 spiro atoms. The van der Waals surface area contributed by atoms with Gasteiger partial charge in [-0.1, -0.05) is 6.07 Å². The van der Waals surface area contributed by atoms with E-state index in [1.54, 1.807) is 6.07 Å². The van der Waals surface area contributed by atoms with E-state index in [1.165, 1.54) is 6.07 Å². The molecule has 4 nitrogen and oxygen atoms in total. The van der Waals surface area contributed by atoms with Crippen molar-refractivity contribution < 1.29 is 9.13 Å². The average molecular weight is 314 g/mol. The highest BCUT2D eigenvalue weighted by atomic mass is 35.5. The minimum atomic E-state index is -0.296. The summed E-state index contributed by atoms with van der Waals surface area (Å²) in [6, 6.07) is 5.01. The average Bonchev–Trinajstić information content (AvgIpc) is 2.78. The van der Waals surface area contributed by atoms with Gasteiger partial charge in [-0.15, -0.1) is 11.6 Å². The van der Waals surface area contributed by atoms with Crippen molar-refractivity contribution in [1.29, 1.82) is 0 Å². The van der Waals surface area contributed by atoms with Crippen LogP contribution in [0.1, 0.15) is 5.82 Å². The van der Waals surface area contributed by atoms with Gasteiger partial charge in [0.25, 0.3) is 0 Å². The lowest BCUT2D eigenvalue weighted by Crippen LogP contribution is -2.19. The van der Waals surface area contributed by atoms with Crippen LogP contribution in [0.3, 0.4) is 0 Å². The van der Waals surface area contributed by atoms with Gasteiger partial charge < -0.3 is 14.2 Å². The lowest BCUT2D eigenvalue weighted by molar-refractivity contribution is 0.111. The SMILES string of the molecule is CN(C)CCOCCn1c(CCCl)nc2c(F)cccc21. The van der Waals surface area contributed by atoms with Gasteiger partial charge >= 0.3 is 0 Å². The summed E-state index contributed by atoms with van der Waals surface area (Å²) in [5, 5.41) is 0. The minimum absolute atomic E-state index is 0.296. The van der Waals surface area contributed by atoms with Crippen LogP contribution in [0.5, 0.6) is 0 Å². The van der Waals surface area contributed by atoms with Gasteiger partial charge in [0.1, 0.15) is 11.3 Å². The Hall–Kier alpha value is -1.17. The lowest BCUT2D eigenvalue weighted by Gasteiger charge is -2.11. The lowest BCUT2D eigenvalue weighted by atomic mass is 10.3. The number of ether oxygens (including phenoxy) is 1. The van der Waals surface area contributed by atoms with Gasteiger partial charge in [-0.2, -0.15) is 0 Å². The molecule has 0 radical (unpaired) electrons. The van der Waals surface area contributed by atoms with Crippen LogP contribution < -0.4 is 0 Å². The highest BCUT2D eigenvalue weighted by Gasteiger charge is 2.13. The first-order chi connectivity index (χ1) is 10.1. The van der Waals surface area contributed by atoms with Gasteiger partial charge in [-0.05, 0) is 26.2 Å². The van der Waals surface area contributed by atoms with Gasteiger partial charge in [0.05, 0.1) is 18.7 Å². The summed E-state index contributed by atoms with van der Waals surface area (Å²) in [4.78, 5) is 6.44. The number of likely N-dealkylation sites (N-methyl/N-ethyl adjacent to an activating group) is 1. The molecule has 0 aliphatic rings. The van der Waals surface area contributed by atoms with Crippen molar-refractivity contribution in [2.45, 2.75) is 13.0 Å². The van der Waals surface area contributed by atoms with Crippen molar-refractivity contribution in [1.82, 2.24) is 14.5 Å². The Morgan fingerprint density at radius 2 is 2.14 bits per heavy atom. The number of rotatable bonds is 8. The normalized spacial score (nSPS) is 11.7. The molecule has 21 heavy (non-hydrogen) atoms. The molecule has 0 N–H and O–H groups in total. The summed E-state index contributed by atoms with van der Waals surface area (Å²) < 4.78 is 21.4. The Labute approximate surface area is 129 Å². The molecular weight excluding hydrogens is 293 g/mol. The van der Waals surface area contributed by atoms with E-state index < -0.39 is 0 Å². The number of alkyl halides is 1. The molecule has 0 unspecified atom stereocenters. The number of hydrogen-bond acceptors (Lipinski definition) is 3. The summed E-state index contributed by atoms with van der Waals surface area (Å²) in [6.07, 6.45) is 0.618. The number of aromatic nitrogens is 2. The summed E-state index contributed by atoms with van der Waals surface area (Å²) in [5.74, 6) is 0.976. The fourth-order valence-electron chi connectivity index (χ4n) is 2.19. The Balaban J connectivity index is 2.09. The molecule has 0 saturated carbocycles. The zero-order valence-electron chi connectivity index (χ0n) is 12.5. The van der Waals surface area contributed by atoms with Crippen molar-refractivity contribution in [3.63, 3.8) is 0 Å². The molecule has 2 rings (SSSR count). The van der Waals surface area contributed by atoms with Crippen LogP contribution in [-0.4, -0.2) is 54.2 Å². The summed E-state index contributed by atoms with van der Waals surface area (Å²) in [6.45, 7) is 2.79.